The fourth-order valence-electron chi connectivity index (χ4n) is 4.65. The molecule has 2 aromatic heterocycles. The molecule has 1 N–H and O–H groups in total. The van der Waals surface area contributed by atoms with Crippen LogP contribution in [0.2, 0.25) is 5.02 Å². The molecule has 13 heteroatoms. The third-order valence-electron chi connectivity index (χ3n) is 6.63. The van der Waals surface area contributed by atoms with Gasteiger partial charge in [-0.1, -0.05) is 32.4 Å². The number of pyridine rings is 1. The van der Waals surface area contributed by atoms with E-state index in [9.17, 15) is 37.1 Å². The number of ketones is 1. The van der Waals surface area contributed by atoms with Crippen molar-refractivity contribution >= 4 is 29.3 Å². The highest BCUT2D eigenvalue weighted by molar-refractivity contribution is 6.34. The van der Waals surface area contributed by atoms with Gasteiger partial charge in [-0.25, -0.2) is 4.39 Å². The van der Waals surface area contributed by atoms with Gasteiger partial charge in [-0.05, 0) is 38.0 Å². The standard InChI is InChI=1S/C25H29ClF4N4O4/c1-23(2,3)13-33(12-18(35)19-16(26)10-31-11-17(19)27)21(36)15-9-32-34(20(15)25(28,29)30)14-5-7-24(4,8-6-14)22(37)38/h9-11,14H,5-8,12-13H2,1-4H3,(H,37,38)/t14-,24-. The molecule has 0 saturated heterocycles. The zero-order valence-corrected chi connectivity index (χ0v) is 22.2. The van der Waals surface area contributed by atoms with Gasteiger partial charge in [0.2, 0.25) is 0 Å². The van der Waals surface area contributed by atoms with Gasteiger partial charge in [0.15, 0.2) is 17.3 Å². The van der Waals surface area contributed by atoms with Crippen LogP contribution in [0.3, 0.4) is 0 Å². The van der Waals surface area contributed by atoms with E-state index in [0.29, 0.717) is 0 Å². The van der Waals surface area contributed by atoms with E-state index in [1.54, 1.807) is 27.7 Å². The highest BCUT2D eigenvalue weighted by Gasteiger charge is 2.45. The second-order valence-corrected chi connectivity index (χ2v) is 11.5. The largest absolute Gasteiger partial charge is 0.481 e. The number of amides is 1. The summed E-state index contributed by atoms with van der Waals surface area (Å²) in [5, 5.41) is 13.0. The SMILES string of the molecule is CC(C)(C)CN(CC(=O)c1c(F)cncc1Cl)C(=O)c1cnn([C@H]2CC[C@](C)(C(=O)O)CC2)c1C(F)(F)F. The highest BCUT2D eigenvalue weighted by Crippen LogP contribution is 2.43. The van der Waals surface area contributed by atoms with Crippen LogP contribution in [0.1, 0.15) is 85.8 Å². The molecule has 0 unspecified atom stereocenters. The number of hydrogen-bond acceptors (Lipinski definition) is 5. The Bertz CT molecular complexity index is 1210. The molecule has 38 heavy (non-hydrogen) atoms. The molecule has 1 amide bonds. The molecule has 0 aliphatic heterocycles. The first kappa shape index (κ1) is 29.5. The Balaban J connectivity index is 1.98. The summed E-state index contributed by atoms with van der Waals surface area (Å²) in [6.07, 6.45) is -1.76. The average molecular weight is 561 g/mol. The molecule has 8 nitrogen and oxygen atoms in total. The zero-order chi connectivity index (χ0) is 28.6. The lowest BCUT2D eigenvalue weighted by atomic mass is 9.74. The van der Waals surface area contributed by atoms with E-state index in [1.165, 1.54) is 0 Å². The Morgan fingerprint density at radius 1 is 1.16 bits per heavy atom. The lowest BCUT2D eigenvalue weighted by Crippen LogP contribution is -2.42. The van der Waals surface area contributed by atoms with Crippen LogP contribution < -0.4 is 0 Å². The van der Waals surface area contributed by atoms with Gasteiger partial charge >= 0.3 is 12.1 Å². The number of halogens is 5. The van der Waals surface area contributed by atoms with Gasteiger partial charge in [-0.15, -0.1) is 0 Å². The maximum absolute atomic E-state index is 14.3. The highest BCUT2D eigenvalue weighted by atomic mass is 35.5. The lowest BCUT2D eigenvalue weighted by molar-refractivity contribution is -0.152. The molecule has 0 atom stereocenters. The van der Waals surface area contributed by atoms with Crippen LogP contribution in [-0.2, 0) is 11.0 Å². The van der Waals surface area contributed by atoms with Crippen LogP contribution in [0.25, 0.3) is 0 Å². The van der Waals surface area contributed by atoms with Crippen LogP contribution in [-0.4, -0.2) is 55.5 Å². The molecule has 0 aromatic carbocycles. The van der Waals surface area contributed by atoms with Crippen molar-refractivity contribution in [1.29, 1.82) is 0 Å². The summed E-state index contributed by atoms with van der Waals surface area (Å²) in [6.45, 7) is 5.89. The molecule has 1 aliphatic carbocycles. The molecular weight excluding hydrogens is 532 g/mol. The van der Waals surface area contributed by atoms with Crippen LogP contribution in [0.5, 0.6) is 0 Å². The first-order chi connectivity index (χ1) is 17.4. The molecule has 3 rings (SSSR count). The van der Waals surface area contributed by atoms with Gasteiger partial charge in [0.1, 0.15) is 0 Å². The quantitative estimate of drug-likeness (QED) is 0.346. The summed E-state index contributed by atoms with van der Waals surface area (Å²) in [7, 11) is 0. The number of Topliss-reactive ketones (excluding diaryl/α,β-unsaturated/α-hetero) is 1. The van der Waals surface area contributed by atoms with E-state index in [0.717, 1.165) is 28.2 Å². The Hall–Kier alpha value is -3.02. The van der Waals surface area contributed by atoms with Gasteiger partial charge in [0.25, 0.3) is 5.91 Å². The first-order valence-electron chi connectivity index (χ1n) is 11.9. The van der Waals surface area contributed by atoms with E-state index in [-0.39, 0.29) is 37.3 Å². The fourth-order valence-corrected chi connectivity index (χ4v) is 4.90. The lowest BCUT2D eigenvalue weighted by Gasteiger charge is -2.34. The summed E-state index contributed by atoms with van der Waals surface area (Å²) in [5.74, 6) is -4.02. The minimum atomic E-state index is -4.97. The molecule has 0 spiro atoms. The average Bonchev–Trinajstić information content (AvgIpc) is 3.23. The van der Waals surface area contributed by atoms with Crippen molar-refractivity contribution in [2.45, 2.75) is 65.6 Å². The van der Waals surface area contributed by atoms with Crippen LogP contribution in [0.15, 0.2) is 18.6 Å². The Labute approximate surface area is 222 Å². The van der Waals surface area contributed by atoms with Crippen LogP contribution in [0.4, 0.5) is 17.6 Å². The molecule has 0 bridgehead atoms. The maximum atomic E-state index is 14.3. The number of aromatic nitrogens is 3. The number of alkyl halides is 3. The Morgan fingerprint density at radius 2 is 1.76 bits per heavy atom. The maximum Gasteiger partial charge on any atom is 0.433 e. The molecule has 0 radical (unpaired) electrons. The summed E-state index contributed by atoms with van der Waals surface area (Å²) >= 11 is 5.93. The van der Waals surface area contributed by atoms with Gasteiger partial charge < -0.3 is 10.0 Å². The third kappa shape index (κ3) is 6.33. The summed E-state index contributed by atoms with van der Waals surface area (Å²) in [4.78, 5) is 42.5. The van der Waals surface area contributed by atoms with Crippen molar-refractivity contribution in [3.8, 4) is 0 Å². The van der Waals surface area contributed by atoms with Crippen molar-refractivity contribution in [2.24, 2.45) is 10.8 Å². The molecule has 1 aliphatic rings. The van der Waals surface area contributed by atoms with Crippen molar-refractivity contribution in [3.05, 3.63) is 46.3 Å². The minimum absolute atomic E-state index is 0.120. The third-order valence-corrected chi connectivity index (χ3v) is 6.92. The normalized spacial score (nSPS) is 20.3. The van der Waals surface area contributed by atoms with E-state index >= 15 is 0 Å². The van der Waals surface area contributed by atoms with Crippen molar-refractivity contribution in [1.82, 2.24) is 19.7 Å². The molecule has 208 valence electrons. The van der Waals surface area contributed by atoms with Crippen molar-refractivity contribution in [2.75, 3.05) is 13.1 Å². The molecule has 2 aromatic rings. The van der Waals surface area contributed by atoms with Gasteiger partial charge in [-0.3, -0.25) is 24.0 Å². The monoisotopic (exact) mass is 560 g/mol. The van der Waals surface area contributed by atoms with Crippen LogP contribution >= 0.6 is 11.6 Å². The number of aliphatic carboxylic acids is 1. The number of carbonyl (C=O) groups is 3. The van der Waals surface area contributed by atoms with Gasteiger partial charge in [0, 0.05) is 12.7 Å². The molecule has 1 saturated carbocycles. The van der Waals surface area contributed by atoms with Gasteiger partial charge in [-0.2, -0.15) is 18.3 Å². The Morgan fingerprint density at radius 3 is 2.26 bits per heavy atom. The molecule has 1 fully saturated rings. The number of carboxylic acids is 1. The van der Waals surface area contributed by atoms with E-state index in [4.69, 9.17) is 11.6 Å². The molecular formula is C25H29ClF4N4O4. The van der Waals surface area contributed by atoms with E-state index < -0.39 is 69.9 Å². The topological polar surface area (TPSA) is 105 Å². The van der Waals surface area contributed by atoms with E-state index in [2.05, 4.69) is 10.1 Å². The fraction of sp³-hybridized carbons (Fsp3) is 0.560. The van der Waals surface area contributed by atoms with E-state index in [1.807, 2.05) is 0 Å². The zero-order valence-electron chi connectivity index (χ0n) is 21.4. The smallest absolute Gasteiger partial charge is 0.433 e. The first-order valence-corrected chi connectivity index (χ1v) is 12.3. The number of rotatable bonds is 7. The summed E-state index contributed by atoms with van der Waals surface area (Å²) in [5.41, 5.74) is -4.21. The minimum Gasteiger partial charge on any atom is -0.481 e. The summed E-state index contributed by atoms with van der Waals surface area (Å²) < 4.78 is 57.9. The second kappa shape index (κ2) is 10.6. The number of carbonyl (C=O) groups excluding carboxylic acids is 2. The number of nitrogens with zero attached hydrogens (tertiary/aromatic N) is 4. The predicted molar refractivity (Wildman–Crippen MR) is 129 cm³/mol. The van der Waals surface area contributed by atoms with Crippen molar-refractivity contribution < 1.29 is 37.1 Å². The van der Waals surface area contributed by atoms with Crippen molar-refractivity contribution in [3.63, 3.8) is 0 Å². The van der Waals surface area contributed by atoms with Crippen LogP contribution in [0, 0.1) is 16.6 Å². The number of hydrogen-bond donors (Lipinski definition) is 1. The predicted octanol–water partition coefficient (Wildman–Crippen LogP) is 5.67. The Kier molecular flexibility index (Phi) is 8.26. The molecule has 2 heterocycles. The second-order valence-electron chi connectivity index (χ2n) is 11.1. The summed E-state index contributed by atoms with van der Waals surface area (Å²) in [6, 6.07) is -0.761. The number of carboxylic acid groups (broad SMARTS) is 1. The van der Waals surface area contributed by atoms with Gasteiger partial charge in [0.05, 0.1) is 46.5 Å².